The Labute approximate surface area is 154 Å². The largest absolute Gasteiger partial charge is 0.503 e. The fraction of sp³-hybridized carbons (Fsp3) is 0.0455. The minimum absolute atomic E-state index is 1.00. The molecule has 3 nitrogen and oxygen atoms in total. The first-order chi connectivity index (χ1) is 12.6. The van der Waals surface area contributed by atoms with Gasteiger partial charge in [0, 0.05) is 0 Å². The number of carboxylic acid groups (broad SMARTS) is 2. The van der Waals surface area contributed by atoms with Gasteiger partial charge in [0.25, 0.3) is 0 Å². The van der Waals surface area contributed by atoms with Crippen molar-refractivity contribution in [1.29, 1.82) is 0 Å². The second-order valence-corrected chi connectivity index (χ2v) is 9.73. The molecular formula is C22H23O3P. The van der Waals surface area contributed by atoms with E-state index in [1.54, 1.807) is 0 Å². The smallest absolute Gasteiger partial charge is 0.450 e. The summed E-state index contributed by atoms with van der Waals surface area (Å²) in [5.74, 6) is 0. The van der Waals surface area contributed by atoms with Crippen LogP contribution < -0.4 is 15.9 Å². The van der Waals surface area contributed by atoms with Crippen LogP contribution in [0.15, 0.2) is 104 Å². The van der Waals surface area contributed by atoms with E-state index >= 15 is 0 Å². The van der Waals surface area contributed by atoms with Gasteiger partial charge in [-0.3, -0.25) is 0 Å². The van der Waals surface area contributed by atoms with Gasteiger partial charge >= 0.3 is 139 Å². The van der Waals surface area contributed by atoms with E-state index < -0.39 is 13.4 Å². The minimum atomic E-state index is -2.04. The van der Waals surface area contributed by atoms with Gasteiger partial charge in [-0.15, -0.1) is 0 Å². The third kappa shape index (κ3) is 4.59. The van der Waals surface area contributed by atoms with Gasteiger partial charge in [0.1, 0.15) is 0 Å². The van der Waals surface area contributed by atoms with E-state index in [-0.39, 0.29) is 0 Å². The van der Waals surface area contributed by atoms with Crippen LogP contribution in [0.1, 0.15) is 0 Å². The molecule has 2 N–H and O–H groups in total. The van der Waals surface area contributed by atoms with Crippen molar-refractivity contribution in [2.75, 3.05) is 6.16 Å². The summed E-state index contributed by atoms with van der Waals surface area (Å²) in [5.41, 5.74) is 0. The molecule has 0 aliphatic heterocycles. The molecule has 4 heteroatoms. The predicted octanol–water partition coefficient (Wildman–Crippen LogP) is 4.12. The average molecular weight is 366 g/mol. The van der Waals surface area contributed by atoms with Crippen LogP contribution in [0.5, 0.6) is 0 Å². The number of benzene rings is 3. The molecule has 0 amide bonds. The van der Waals surface area contributed by atoms with E-state index in [9.17, 15) is 0 Å². The second-order valence-electron chi connectivity index (χ2n) is 5.78. The van der Waals surface area contributed by atoms with E-state index in [0.717, 1.165) is 6.16 Å². The minimum Gasteiger partial charge on any atom is -0.450 e. The summed E-state index contributed by atoms with van der Waals surface area (Å²) in [5, 5.41) is 18.3. The predicted molar refractivity (Wildman–Crippen MR) is 112 cm³/mol. The molecule has 134 valence electrons. The second kappa shape index (κ2) is 9.55. The molecule has 0 aliphatic carbocycles. The molecule has 3 aromatic rings. The molecule has 0 saturated heterocycles. The molecule has 0 saturated carbocycles. The SMILES string of the molecule is C=CC[PH](c1ccccc1)(c1ccccc1)c1ccccc1.O=C(O)O. The van der Waals surface area contributed by atoms with Crippen molar-refractivity contribution in [1.82, 2.24) is 0 Å². The monoisotopic (exact) mass is 366 g/mol. The summed E-state index contributed by atoms with van der Waals surface area (Å²) < 4.78 is 0. The Balaban J connectivity index is 0.000000552. The van der Waals surface area contributed by atoms with Crippen molar-refractivity contribution < 1.29 is 15.0 Å². The molecule has 0 radical (unpaired) electrons. The molecule has 0 aromatic heterocycles. The number of allylic oxidation sites excluding steroid dienone is 1. The van der Waals surface area contributed by atoms with Gasteiger partial charge in [-0.1, -0.05) is 0 Å². The zero-order valence-corrected chi connectivity index (χ0v) is 15.5. The molecular weight excluding hydrogens is 343 g/mol. The normalized spacial score (nSPS) is 10.9. The van der Waals surface area contributed by atoms with Gasteiger partial charge in [-0.25, -0.2) is 4.79 Å². The third-order valence-electron chi connectivity index (χ3n) is 4.25. The van der Waals surface area contributed by atoms with Crippen molar-refractivity contribution in [3.05, 3.63) is 104 Å². The quantitative estimate of drug-likeness (QED) is 0.527. The summed E-state index contributed by atoms with van der Waals surface area (Å²) in [6.07, 6.45) is 1.25. The van der Waals surface area contributed by atoms with E-state index in [1.807, 2.05) is 0 Å². The van der Waals surface area contributed by atoms with Gasteiger partial charge in [-0.2, -0.15) is 0 Å². The molecule has 0 spiro atoms. The third-order valence-corrected chi connectivity index (χ3v) is 9.11. The summed E-state index contributed by atoms with van der Waals surface area (Å²) in [7, 11) is -2.04. The van der Waals surface area contributed by atoms with Crippen LogP contribution in [0.25, 0.3) is 0 Å². The Kier molecular flexibility index (Phi) is 7.13. The van der Waals surface area contributed by atoms with Crippen LogP contribution in [0.3, 0.4) is 0 Å². The molecule has 0 fully saturated rings. The van der Waals surface area contributed by atoms with Crippen LogP contribution in [-0.2, 0) is 0 Å². The van der Waals surface area contributed by atoms with E-state index in [1.165, 1.54) is 15.9 Å². The number of rotatable bonds is 5. The molecule has 0 heterocycles. The van der Waals surface area contributed by atoms with Crippen molar-refractivity contribution in [2.24, 2.45) is 0 Å². The zero-order chi connectivity index (χ0) is 18.8. The number of carbonyl (C=O) groups is 1. The zero-order valence-electron chi connectivity index (χ0n) is 14.5. The van der Waals surface area contributed by atoms with Crippen LogP contribution in [-0.4, -0.2) is 22.5 Å². The number of hydrogen-bond donors (Lipinski definition) is 2. The van der Waals surface area contributed by atoms with Gasteiger partial charge in [0.2, 0.25) is 0 Å². The van der Waals surface area contributed by atoms with Crippen molar-refractivity contribution >= 4 is 29.3 Å². The topological polar surface area (TPSA) is 57.5 Å². The van der Waals surface area contributed by atoms with Crippen molar-refractivity contribution in [2.45, 2.75) is 0 Å². The first kappa shape index (κ1) is 19.4. The van der Waals surface area contributed by atoms with Crippen LogP contribution in [0.2, 0.25) is 0 Å². The van der Waals surface area contributed by atoms with Gasteiger partial charge in [-0.05, 0) is 0 Å². The van der Waals surface area contributed by atoms with Gasteiger partial charge in [0.05, 0.1) is 0 Å². The Morgan fingerprint density at radius 2 is 1.00 bits per heavy atom. The summed E-state index contributed by atoms with van der Waals surface area (Å²) in [6, 6.07) is 32.8. The summed E-state index contributed by atoms with van der Waals surface area (Å²) >= 11 is 0. The molecule has 3 aromatic carbocycles. The molecule has 0 aliphatic rings. The maximum Gasteiger partial charge on any atom is 0.503 e. The van der Waals surface area contributed by atoms with Gasteiger partial charge < -0.3 is 10.2 Å². The molecule has 0 atom stereocenters. The van der Waals surface area contributed by atoms with E-state index in [0.29, 0.717) is 0 Å². The Morgan fingerprint density at radius 3 is 1.23 bits per heavy atom. The Morgan fingerprint density at radius 1 is 0.731 bits per heavy atom. The Hall–Kier alpha value is -2.90. The molecule has 3 rings (SSSR count). The maximum atomic E-state index is 8.56. The molecule has 26 heavy (non-hydrogen) atoms. The number of hydrogen-bond acceptors (Lipinski definition) is 1. The fourth-order valence-electron chi connectivity index (χ4n) is 3.24. The van der Waals surface area contributed by atoms with Crippen LogP contribution in [0, 0.1) is 0 Å². The maximum absolute atomic E-state index is 8.56. The van der Waals surface area contributed by atoms with Crippen molar-refractivity contribution in [3.63, 3.8) is 0 Å². The molecule has 0 unspecified atom stereocenters. The Bertz CT molecular complexity index is 717. The first-order valence-electron chi connectivity index (χ1n) is 8.30. The van der Waals surface area contributed by atoms with Crippen LogP contribution in [0.4, 0.5) is 4.79 Å². The van der Waals surface area contributed by atoms with E-state index in [2.05, 4.69) is 104 Å². The standard InChI is InChI=1S/C21H21P.CH2O3/c1-2-18-22(19-12-6-3-7-13-19,20-14-8-4-9-15-20)21-16-10-5-11-17-21;2-1(3)4/h2-17,22H,1,18H2;(H2,2,3,4). The fourth-order valence-corrected chi connectivity index (χ4v) is 7.66. The van der Waals surface area contributed by atoms with E-state index in [4.69, 9.17) is 15.0 Å². The van der Waals surface area contributed by atoms with Crippen molar-refractivity contribution in [3.8, 4) is 0 Å². The summed E-state index contributed by atoms with van der Waals surface area (Å²) in [6.45, 7) is 4.06. The molecule has 0 bridgehead atoms. The average Bonchev–Trinajstić information content (AvgIpc) is 2.68. The first-order valence-corrected chi connectivity index (χ1v) is 10.5. The van der Waals surface area contributed by atoms with Crippen LogP contribution >= 0.6 is 7.26 Å². The summed E-state index contributed by atoms with van der Waals surface area (Å²) in [4.78, 5) is 8.56. The van der Waals surface area contributed by atoms with Gasteiger partial charge in [0.15, 0.2) is 0 Å².